The van der Waals surface area contributed by atoms with Crippen LogP contribution in [0.2, 0.25) is 0 Å². The zero-order valence-electron chi connectivity index (χ0n) is 10.2. The molecule has 3 nitrogen and oxygen atoms in total. The summed E-state index contributed by atoms with van der Waals surface area (Å²) in [4.78, 5) is 0. The highest BCUT2D eigenvalue weighted by molar-refractivity contribution is 4.91. The minimum Gasteiger partial charge on any atom is -0.383 e. The Morgan fingerprint density at radius 1 is 1.40 bits per heavy atom. The molecule has 3 N–H and O–H groups in total. The Morgan fingerprint density at radius 2 is 2.20 bits per heavy atom. The van der Waals surface area contributed by atoms with E-state index in [4.69, 9.17) is 10.5 Å². The maximum Gasteiger partial charge on any atom is 0.0587 e. The molecule has 0 amide bonds. The summed E-state index contributed by atoms with van der Waals surface area (Å²) in [5.74, 6) is 0.864. The molecule has 0 bridgehead atoms. The Morgan fingerprint density at radius 3 is 2.87 bits per heavy atom. The lowest BCUT2D eigenvalue weighted by Crippen LogP contribution is -2.51. The van der Waals surface area contributed by atoms with E-state index in [9.17, 15) is 0 Å². The van der Waals surface area contributed by atoms with Crippen molar-refractivity contribution in [3.63, 3.8) is 0 Å². The van der Waals surface area contributed by atoms with Gasteiger partial charge in [-0.15, -0.1) is 0 Å². The molecule has 15 heavy (non-hydrogen) atoms. The van der Waals surface area contributed by atoms with Crippen LogP contribution in [0, 0.1) is 5.92 Å². The van der Waals surface area contributed by atoms with Crippen LogP contribution in [0.15, 0.2) is 0 Å². The number of ether oxygens (including phenoxy) is 1. The van der Waals surface area contributed by atoms with Crippen molar-refractivity contribution in [3.05, 3.63) is 0 Å². The van der Waals surface area contributed by atoms with Gasteiger partial charge in [0.2, 0.25) is 0 Å². The van der Waals surface area contributed by atoms with E-state index in [0.717, 1.165) is 25.6 Å². The number of hydrogen-bond acceptors (Lipinski definition) is 3. The van der Waals surface area contributed by atoms with Gasteiger partial charge in [0.1, 0.15) is 0 Å². The largest absolute Gasteiger partial charge is 0.383 e. The molecule has 0 aromatic carbocycles. The maximum atomic E-state index is 5.93. The van der Waals surface area contributed by atoms with Crippen LogP contribution in [0.25, 0.3) is 0 Å². The fraction of sp³-hybridized carbons (Fsp3) is 1.00. The van der Waals surface area contributed by atoms with E-state index in [1.165, 1.54) is 32.1 Å². The molecule has 1 aliphatic rings. The lowest BCUT2D eigenvalue weighted by Gasteiger charge is -2.33. The first-order chi connectivity index (χ1) is 7.22. The molecule has 1 fully saturated rings. The maximum absolute atomic E-state index is 5.93. The molecule has 1 saturated carbocycles. The summed E-state index contributed by atoms with van der Waals surface area (Å²) >= 11 is 0. The molecule has 2 atom stereocenters. The fourth-order valence-electron chi connectivity index (χ4n) is 2.45. The minimum absolute atomic E-state index is 0.184. The lowest BCUT2D eigenvalue weighted by atomic mass is 9.90. The van der Waals surface area contributed by atoms with E-state index < -0.39 is 0 Å². The van der Waals surface area contributed by atoms with Crippen molar-refractivity contribution in [1.29, 1.82) is 0 Å². The van der Waals surface area contributed by atoms with Crippen molar-refractivity contribution >= 4 is 0 Å². The van der Waals surface area contributed by atoms with Crippen LogP contribution in [0.5, 0.6) is 0 Å². The number of rotatable bonds is 5. The van der Waals surface area contributed by atoms with Gasteiger partial charge < -0.3 is 15.8 Å². The van der Waals surface area contributed by atoms with Crippen molar-refractivity contribution in [1.82, 2.24) is 5.32 Å². The molecule has 0 heterocycles. The summed E-state index contributed by atoms with van der Waals surface area (Å²) in [7, 11) is 1.74. The molecule has 1 aliphatic carbocycles. The lowest BCUT2D eigenvalue weighted by molar-refractivity contribution is 0.179. The molecule has 0 aromatic rings. The molecule has 3 heteroatoms. The van der Waals surface area contributed by atoms with Crippen LogP contribution >= 0.6 is 0 Å². The van der Waals surface area contributed by atoms with E-state index in [1.54, 1.807) is 7.11 Å². The van der Waals surface area contributed by atoms with Crippen molar-refractivity contribution in [2.45, 2.75) is 44.6 Å². The predicted molar refractivity (Wildman–Crippen MR) is 63.9 cm³/mol. The van der Waals surface area contributed by atoms with Gasteiger partial charge in [-0.1, -0.05) is 19.8 Å². The summed E-state index contributed by atoms with van der Waals surface area (Å²) in [5.41, 5.74) is 6.12. The smallest absolute Gasteiger partial charge is 0.0587 e. The molecular formula is C12H26N2O. The molecule has 0 radical (unpaired) electrons. The molecule has 90 valence electrons. The molecule has 0 aliphatic heterocycles. The van der Waals surface area contributed by atoms with Crippen molar-refractivity contribution in [2.24, 2.45) is 11.7 Å². The van der Waals surface area contributed by atoms with Crippen molar-refractivity contribution in [3.8, 4) is 0 Å². The zero-order chi connectivity index (χ0) is 11.1. The molecule has 0 spiro atoms. The first kappa shape index (κ1) is 12.9. The highest BCUT2D eigenvalue weighted by Crippen LogP contribution is 2.29. The Kier molecular flexibility index (Phi) is 5.58. The molecular weight excluding hydrogens is 188 g/mol. The number of methoxy groups -OCH3 is 1. The van der Waals surface area contributed by atoms with Gasteiger partial charge in [-0.2, -0.15) is 0 Å². The molecule has 1 rings (SSSR count). The Balaban J connectivity index is 2.42. The highest BCUT2D eigenvalue weighted by atomic mass is 16.5. The van der Waals surface area contributed by atoms with Gasteiger partial charge in [-0.3, -0.25) is 0 Å². The Labute approximate surface area is 93.8 Å². The number of nitrogens with one attached hydrogen (secondary N) is 1. The van der Waals surface area contributed by atoms with Crippen molar-refractivity contribution < 1.29 is 4.74 Å². The second-order valence-corrected chi connectivity index (χ2v) is 4.94. The van der Waals surface area contributed by atoms with E-state index in [2.05, 4.69) is 12.2 Å². The van der Waals surface area contributed by atoms with Crippen LogP contribution in [0.4, 0.5) is 0 Å². The number of hydrogen-bond donors (Lipinski definition) is 2. The van der Waals surface area contributed by atoms with E-state index in [0.29, 0.717) is 0 Å². The van der Waals surface area contributed by atoms with Gasteiger partial charge >= 0.3 is 0 Å². The summed E-state index contributed by atoms with van der Waals surface area (Å²) in [5, 5.41) is 3.60. The van der Waals surface area contributed by atoms with Gasteiger partial charge in [0.25, 0.3) is 0 Å². The van der Waals surface area contributed by atoms with Gasteiger partial charge in [0, 0.05) is 25.7 Å². The van der Waals surface area contributed by atoms with Crippen LogP contribution in [-0.4, -0.2) is 32.3 Å². The topological polar surface area (TPSA) is 47.3 Å². The van der Waals surface area contributed by atoms with Crippen LogP contribution < -0.4 is 11.1 Å². The predicted octanol–water partition coefficient (Wildman–Crippen LogP) is 1.52. The number of nitrogens with two attached hydrogens (primary N) is 1. The highest BCUT2D eigenvalue weighted by Gasteiger charge is 2.30. The second kappa shape index (κ2) is 6.46. The first-order valence-corrected chi connectivity index (χ1v) is 6.16. The van der Waals surface area contributed by atoms with Gasteiger partial charge in [0.05, 0.1) is 6.61 Å². The summed E-state index contributed by atoms with van der Waals surface area (Å²) in [6, 6.07) is 0. The molecule has 2 unspecified atom stereocenters. The standard InChI is InChI=1S/C12H26N2O/c1-11-4-3-6-12(10-13,7-5-11)14-8-9-15-2/h11,14H,3-10,13H2,1-2H3. The van der Waals surface area contributed by atoms with E-state index in [-0.39, 0.29) is 5.54 Å². The summed E-state index contributed by atoms with van der Waals surface area (Å²) in [6.07, 6.45) is 6.40. The van der Waals surface area contributed by atoms with Crippen molar-refractivity contribution in [2.75, 3.05) is 26.8 Å². The second-order valence-electron chi connectivity index (χ2n) is 4.94. The van der Waals surface area contributed by atoms with E-state index in [1.807, 2.05) is 0 Å². The normalized spacial score (nSPS) is 32.6. The van der Waals surface area contributed by atoms with Crippen LogP contribution in [0.3, 0.4) is 0 Å². The van der Waals surface area contributed by atoms with Gasteiger partial charge in [-0.05, 0) is 25.2 Å². The average molecular weight is 214 g/mol. The third-order valence-corrected chi connectivity index (χ3v) is 3.66. The van der Waals surface area contributed by atoms with Gasteiger partial charge in [-0.25, -0.2) is 0 Å². The molecule has 0 saturated heterocycles. The van der Waals surface area contributed by atoms with Gasteiger partial charge in [0.15, 0.2) is 0 Å². The third kappa shape index (κ3) is 4.09. The first-order valence-electron chi connectivity index (χ1n) is 6.16. The minimum atomic E-state index is 0.184. The Hall–Kier alpha value is -0.120. The monoisotopic (exact) mass is 214 g/mol. The zero-order valence-corrected chi connectivity index (χ0v) is 10.2. The average Bonchev–Trinajstić information content (AvgIpc) is 2.42. The van der Waals surface area contributed by atoms with E-state index >= 15 is 0 Å². The van der Waals surface area contributed by atoms with Crippen LogP contribution in [0.1, 0.15) is 39.0 Å². The summed E-state index contributed by atoms with van der Waals surface area (Å²) < 4.78 is 5.07. The molecule has 0 aromatic heterocycles. The van der Waals surface area contributed by atoms with Crippen LogP contribution in [-0.2, 0) is 4.74 Å². The third-order valence-electron chi connectivity index (χ3n) is 3.66. The Bertz CT molecular complexity index is 175. The summed E-state index contributed by atoms with van der Waals surface area (Å²) in [6.45, 7) is 4.80. The fourth-order valence-corrected chi connectivity index (χ4v) is 2.45. The quantitative estimate of drug-likeness (QED) is 0.539. The SMILES string of the molecule is COCCNC1(CN)CCCC(C)CC1.